The third-order valence-corrected chi connectivity index (χ3v) is 4.31. The first kappa shape index (κ1) is 15.0. The lowest BCUT2D eigenvalue weighted by molar-refractivity contribution is -0.120. The van der Waals surface area contributed by atoms with Crippen LogP contribution in [-0.2, 0) is 11.3 Å². The molecule has 0 unspecified atom stereocenters. The minimum atomic E-state index is 0.0575. The van der Waals surface area contributed by atoms with Crippen molar-refractivity contribution >= 4 is 5.91 Å². The molecular formula is C16H25N3O. The van der Waals surface area contributed by atoms with Gasteiger partial charge in [0.2, 0.25) is 5.91 Å². The van der Waals surface area contributed by atoms with Crippen LogP contribution in [0.3, 0.4) is 0 Å². The first-order valence-corrected chi connectivity index (χ1v) is 7.31. The van der Waals surface area contributed by atoms with E-state index in [0.29, 0.717) is 13.1 Å². The van der Waals surface area contributed by atoms with Crippen LogP contribution in [0.25, 0.3) is 0 Å². The number of nitrogens with one attached hydrogen (secondary N) is 2. The van der Waals surface area contributed by atoms with Crippen LogP contribution in [0.2, 0.25) is 0 Å². The molecule has 0 aliphatic heterocycles. The van der Waals surface area contributed by atoms with Crippen LogP contribution in [0.5, 0.6) is 0 Å². The maximum atomic E-state index is 11.8. The first-order valence-electron chi connectivity index (χ1n) is 7.31. The molecule has 1 aromatic carbocycles. The van der Waals surface area contributed by atoms with Gasteiger partial charge in [-0.05, 0) is 38.9 Å². The van der Waals surface area contributed by atoms with Gasteiger partial charge in [-0.25, -0.2) is 0 Å². The quantitative estimate of drug-likeness (QED) is 0.790. The van der Waals surface area contributed by atoms with Gasteiger partial charge in [0.25, 0.3) is 0 Å². The highest BCUT2D eigenvalue weighted by Crippen LogP contribution is 2.35. The Balaban J connectivity index is 1.65. The average Bonchev–Trinajstić information content (AvgIpc) is 2.40. The van der Waals surface area contributed by atoms with Crippen molar-refractivity contribution < 1.29 is 4.79 Å². The van der Waals surface area contributed by atoms with E-state index < -0.39 is 0 Å². The van der Waals surface area contributed by atoms with Gasteiger partial charge < -0.3 is 15.5 Å². The van der Waals surface area contributed by atoms with Gasteiger partial charge in [0.1, 0.15) is 0 Å². The van der Waals surface area contributed by atoms with Crippen molar-refractivity contribution in [2.75, 3.05) is 27.2 Å². The number of benzene rings is 1. The van der Waals surface area contributed by atoms with E-state index in [4.69, 9.17) is 0 Å². The zero-order valence-electron chi connectivity index (χ0n) is 12.5. The number of carbonyl (C=O) groups excluding carboxylic acids is 1. The molecule has 1 aliphatic rings. The zero-order valence-corrected chi connectivity index (χ0v) is 12.5. The molecule has 1 amide bonds. The smallest absolute Gasteiger partial charge is 0.234 e. The molecule has 4 nitrogen and oxygen atoms in total. The lowest BCUT2D eigenvalue weighted by Gasteiger charge is -2.47. The standard InChI is InChI=1S/C16H25N3O/c1-19(2)16(9-6-10-16)13-17-12-15(20)18-11-14-7-4-3-5-8-14/h3-5,7-8,17H,6,9-13H2,1-2H3,(H,18,20). The van der Waals surface area contributed by atoms with Crippen molar-refractivity contribution in [3.8, 4) is 0 Å². The molecule has 0 heterocycles. The Hall–Kier alpha value is -1.39. The van der Waals surface area contributed by atoms with Crippen molar-refractivity contribution in [1.82, 2.24) is 15.5 Å². The lowest BCUT2D eigenvalue weighted by atomic mass is 9.75. The second-order valence-electron chi connectivity index (χ2n) is 5.84. The number of carbonyl (C=O) groups is 1. The summed E-state index contributed by atoms with van der Waals surface area (Å²) in [7, 11) is 4.24. The van der Waals surface area contributed by atoms with Crippen molar-refractivity contribution in [2.24, 2.45) is 0 Å². The maximum Gasteiger partial charge on any atom is 0.234 e. The van der Waals surface area contributed by atoms with Gasteiger partial charge in [0, 0.05) is 18.6 Å². The van der Waals surface area contributed by atoms with E-state index in [2.05, 4.69) is 29.6 Å². The predicted molar refractivity (Wildman–Crippen MR) is 81.4 cm³/mol. The molecule has 0 radical (unpaired) electrons. The molecule has 2 N–H and O–H groups in total. The molecule has 1 saturated carbocycles. The Morgan fingerprint density at radius 1 is 1.25 bits per heavy atom. The molecule has 1 aliphatic carbocycles. The summed E-state index contributed by atoms with van der Waals surface area (Å²) in [6.07, 6.45) is 3.73. The fourth-order valence-electron chi connectivity index (χ4n) is 2.63. The second-order valence-corrected chi connectivity index (χ2v) is 5.84. The van der Waals surface area contributed by atoms with Crippen LogP contribution >= 0.6 is 0 Å². The number of hydrogen-bond acceptors (Lipinski definition) is 3. The number of hydrogen-bond donors (Lipinski definition) is 2. The SMILES string of the molecule is CN(C)C1(CNCC(=O)NCc2ccccc2)CCC1. The Morgan fingerprint density at radius 3 is 2.50 bits per heavy atom. The van der Waals surface area contributed by atoms with Gasteiger partial charge in [-0.15, -0.1) is 0 Å². The van der Waals surface area contributed by atoms with E-state index in [1.54, 1.807) is 0 Å². The van der Waals surface area contributed by atoms with Crippen LogP contribution in [0.1, 0.15) is 24.8 Å². The van der Waals surface area contributed by atoms with Gasteiger partial charge in [0.05, 0.1) is 6.54 Å². The number of nitrogens with zero attached hydrogens (tertiary/aromatic N) is 1. The molecule has 0 aromatic heterocycles. The molecule has 0 spiro atoms. The molecule has 4 heteroatoms. The molecule has 1 fully saturated rings. The highest BCUT2D eigenvalue weighted by molar-refractivity contribution is 5.77. The van der Waals surface area contributed by atoms with Crippen molar-refractivity contribution in [3.63, 3.8) is 0 Å². The number of amides is 1. The summed E-state index contributed by atoms with van der Waals surface area (Å²) in [5, 5.41) is 6.23. The third-order valence-electron chi connectivity index (χ3n) is 4.31. The molecular weight excluding hydrogens is 250 g/mol. The Kier molecular flexibility index (Phi) is 5.15. The highest BCUT2D eigenvalue weighted by Gasteiger charge is 2.38. The lowest BCUT2D eigenvalue weighted by Crippen LogP contribution is -2.57. The van der Waals surface area contributed by atoms with Crippen molar-refractivity contribution in [1.29, 1.82) is 0 Å². The normalized spacial score (nSPS) is 16.8. The van der Waals surface area contributed by atoms with Crippen molar-refractivity contribution in [3.05, 3.63) is 35.9 Å². The summed E-state index contributed by atoms with van der Waals surface area (Å²) in [6, 6.07) is 9.98. The maximum absolute atomic E-state index is 11.8. The third kappa shape index (κ3) is 3.81. The summed E-state index contributed by atoms with van der Waals surface area (Å²) in [5.41, 5.74) is 1.39. The summed E-state index contributed by atoms with van der Waals surface area (Å²) >= 11 is 0. The topological polar surface area (TPSA) is 44.4 Å². The fourth-order valence-corrected chi connectivity index (χ4v) is 2.63. The van der Waals surface area contributed by atoms with E-state index in [-0.39, 0.29) is 11.4 Å². The minimum Gasteiger partial charge on any atom is -0.351 e. The first-order chi connectivity index (χ1) is 9.62. The summed E-state index contributed by atoms with van der Waals surface area (Å²) in [4.78, 5) is 14.1. The molecule has 110 valence electrons. The molecule has 1 aromatic rings. The van der Waals surface area contributed by atoms with Gasteiger partial charge in [-0.3, -0.25) is 4.79 Å². The van der Waals surface area contributed by atoms with Gasteiger partial charge in [-0.1, -0.05) is 30.3 Å². The van der Waals surface area contributed by atoms with E-state index in [9.17, 15) is 4.79 Å². The highest BCUT2D eigenvalue weighted by atomic mass is 16.1. The van der Waals surface area contributed by atoms with E-state index in [1.807, 2.05) is 30.3 Å². The largest absolute Gasteiger partial charge is 0.351 e. The number of likely N-dealkylation sites (N-methyl/N-ethyl adjacent to an activating group) is 1. The average molecular weight is 275 g/mol. The fraction of sp³-hybridized carbons (Fsp3) is 0.562. The Morgan fingerprint density at radius 2 is 1.95 bits per heavy atom. The predicted octanol–water partition coefficient (Wildman–Crippen LogP) is 1.38. The second kappa shape index (κ2) is 6.86. The molecule has 20 heavy (non-hydrogen) atoms. The van der Waals surface area contributed by atoms with Crippen molar-refractivity contribution in [2.45, 2.75) is 31.3 Å². The van der Waals surface area contributed by atoms with Gasteiger partial charge >= 0.3 is 0 Å². The van der Waals surface area contributed by atoms with E-state index >= 15 is 0 Å². The summed E-state index contributed by atoms with van der Waals surface area (Å²) in [6.45, 7) is 1.88. The van der Waals surface area contributed by atoms with E-state index in [1.165, 1.54) is 19.3 Å². The summed E-state index contributed by atoms with van der Waals surface area (Å²) in [5.74, 6) is 0.0575. The van der Waals surface area contributed by atoms with Crippen LogP contribution in [-0.4, -0.2) is 43.5 Å². The van der Waals surface area contributed by atoms with E-state index in [0.717, 1.165) is 12.1 Å². The molecule has 0 saturated heterocycles. The summed E-state index contributed by atoms with van der Waals surface area (Å²) < 4.78 is 0. The van der Waals surface area contributed by atoms with Gasteiger partial charge in [-0.2, -0.15) is 0 Å². The zero-order chi connectivity index (χ0) is 14.4. The van der Waals surface area contributed by atoms with Crippen LogP contribution in [0, 0.1) is 0 Å². The van der Waals surface area contributed by atoms with Crippen LogP contribution in [0.4, 0.5) is 0 Å². The van der Waals surface area contributed by atoms with Crippen LogP contribution < -0.4 is 10.6 Å². The molecule has 0 atom stereocenters. The Labute approximate surface area is 121 Å². The minimum absolute atomic E-state index is 0.0575. The monoisotopic (exact) mass is 275 g/mol. The molecule has 2 rings (SSSR count). The van der Waals surface area contributed by atoms with Gasteiger partial charge in [0.15, 0.2) is 0 Å². The Bertz CT molecular complexity index is 427. The number of rotatable bonds is 7. The molecule has 0 bridgehead atoms. The van der Waals surface area contributed by atoms with Crippen LogP contribution in [0.15, 0.2) is 30.3 Å².